The summed E-state index contributed by atoms with van der Waals surface area (Å²) in [4.78, 5) is 4.40. The molecule has 0 bridgehead atoms. The molecule has 0 saturated heterocycles. The van der Waals surface area contributed by atoms with Gasteiger partial charge in [0, 0.05) is 12.6 Å². The maximum Gasteiger partial charge on any atom is 0.213 e. The number of hydrogen-bond acceptors (Lipinski definition) is 3. The van der Waals surface area contributed by atoms with Gasteiger partial charge in [0.25, 0.3) is 0 Å². The van der Waals surface area contributed by atoms with Crippen LogP contribution in [0.25, 0.3) is 5.57 Å². The predicted octanol–water partition coefficient (Wildman–Crippen LogP) is 1.89. The predicted molar refractivity (Wildman–Crippen MR) is 63.5 cm³/mol. The van der Waals surface area contributed by atoms with Crippen molar-refractivity contribution in [3.63, 3.8) is 0 Å². The maximum absolute atomic E-state index is 5.09. The van der Waals surface area contributed by atoms with Crippen molar-refractivity contribution in [2.75, 3.05) is 20.2 Å². The van der Waals surface area contributed by atoms with Gasteiger partial charge >= 0.3 is 0 Å². The highest BCUT2D eigenvalue weighted by molar-refractivity contribution is 5.85. The lowest BCUT2D eigenvalue weighted by Crippen LogP contribution is -2.20. The van der Waals surface area contributed by atoms with Crippen molar-refractivity contribution in [3.8, 4) is 5.88 Å². The van der Waals surface area contributed by atoms with E-state index in [4.69, 9.17) is 4.74 Å². The van der Waals surface area contributed by atoms with Crippen molar-refractivity contribution in [2.24, 2.45) is 0 Å². The number of aromatic nitrogens is 1. The second-order valence-corrected chi connectivity index (χ2v) is 3.25. The molecule has 4 heteroatoms. The number of ether oxygens (including phenoxy) is 1. The minimum absolute atomic E-state index is 0. The third-order valence-corrected chi connectivity index (χ3v) is 2.33. The number of pyridine rings is 1. The average Bonchev–Trinajstić information content (AvgIpc) is 2.30. The van der Waals surface area contributed by atoms with Crippen LogP contribution in [0.1, 0.15) is 12.1 Å². The van der Waals surface area contributed by atoms with Crippen LogP contribution in [0, 0.1) is 0 Å². The van der Waals surface area contributed by atoms with E-state index in [9.17, 15) is 0 Å². The van der Waals surface area contributed by atoms with E-state index >= 15 is 0 Å². The Kier molecular flexibility index (Phi) is 4.59. The molecule has 0 unspecified atom stereocenters. The fraction of sp³-hybridized carbons (Fsp3) is 0.364. The van der Waals surface area contributed by atoms with E-state index in [1.807, 2.05) is 18.2 Å². The van der Waals surface area contributed by atoms with Crippen molar-refractivity contribution in [1.29, 1.82) is 0 Å². The summed E-state index contributed by atoms with van der Waals surface area (Å²) in [7, 11) is 1.64. The second-order valence-electron chi connectivity index (χ2n) is 3.25. The number of rotatable bonds is 2. The molecule has 0 aliphatic carbocycles. The van der Waals surface area contributed by atoms with Gasteiger partial charge in [0.15, 0.2) is 0 Å². The van der Waals surface area contributed by atoms with Crippen molar-refractivity contribution in [2.45, 2.75) is 6.42 Å². The maximum atomic E-state index is 5.09. The highest BCUT2D eigenvalue weighted by Gasteiger charge is 2.07. The molecule has 0 aromatic carbocycles. The Hall–Kier alpha value is -1.06. The molecule has 0 spiro atoms. The zero-order valence-corrected chi connectivity index (χ0v) is 9.51. The monoisotopic (exact) mass is 226 g/mol. The molecule has 1 aliphatic heterocycles. The van der Waals surface area contributed by atoms with Gasteiger partial charge in [-0.15, -0.1) is 12.4 Å². The van der Waals surface area contributed by atoms with Crippen LogP contribution in [0.5, 0.6) is 5.88 Å². The normalized spacial score (nSPS) is 15.1. The third kappa shape index (κ3) is 2.94. The van der Waals surface area contributed by atoms with Crippen molar-refractivity contribution < 1.29 is 4.74 Å². The first-order valence-electron chi connectivity index (χ1n) is 4.81. The third-order valence-electron chi connectivity index (χ3n) is 2.33. The number of nitrogens with one attached hydrogen (secondary N) is 1. The van der Waals surface area contributed by atoms with Crippen LogP contribution in [0.15, 0.2) is 24.3 Å². The Morgan fingerprint density at radius 3 is 2.93 bits per heavy atom. The van der Waals surface area contributed by atoms with Gasteiger partial charge in [-0.05, 0) is 24.6 Å². The molecule has 3 nitrogen and oxygen atoms in total. The van der Waals surface area contributed by atoms with Crippen LogP contribution in [-0.2, 0) is 0 Å². The molecule has 1 N–H and O–H groups in total. The van der Waals surface area contributed by atoms with Gasteiger partial charge in [-0.2, -0.15) is 0 Å². The van der Waals surface area contributed by atoms with Gasteiger partial charge in [0.2, 0.25) is 5.88 Å². The van der Waals surface area contributed by atoms with Gasteiger partial charge in [-0.1, -0.05) is 12.1 Å². The van der Waals surface area contributed by atoms with Crippen LogP contribution >= 0.6 is 12.4 Å². The molecule has 82 valence electrons. The average molecular weight is 227 g/mol. The summed E-state index contributed by atoms with van der Waals surface area (Å²) in [5.74, 6) is 0.682. The summed E-state index contributed by atoms with van der Waals surface area (Å²) in [5, 5.41) is 3.28. The van der Waals surface area contributed by atoms with E-state index in [0.717, 1.165) is 25.2 Å². The van der Waals surface area contributed by atoms with Crippen molar-refractivity contribution >= 4 is 18.0 Å². The largest absolute Gasteiger partial charge is 0.481 e. The van der Waals surface area contributed by atoms with Crippen LogP contribution in [-0.4, -0.2) is 25.2 Å². The number of hydrogen-bond donors (Lipinski definition) is 1. The van der Waals surface area contributed by atoms with E-state index in [-0.39, 0.29) is 12.4 Å². The van der Waals surface area contributed by atoms with E-state index in [1.165, 1.54) is 5.57 Å². The smallest absolute Gasteiger partial charge is 0.213 e. The van der Waals surface area contributed by atoms with Gasteiger partial charge < -0.3 is 10.1 Å². The second kappa shape index (κ2) is 5.73. The molecule has 2 rings (SSSR count). The summed E-state index contributed by atoms with van der Waals surface area (Å²) >= 11 is 0. The summed E-state index contributed by atoms with van der Waals surface area (Å²) in [5.41, 5.74) is 2.34. The molecule has 0 fully saturated rings. The highest BCUT2D eigenvalue weighted by atomic mass is 35.5. The van der Waals surface area contributed by atoms with Crippen molar-refractivity contribution in [3.05, 3.63) is 30.0 Å². The van der Waals surface area contributed by atoms with Gasteiger partial charge in [-0.3, -0.25) is 0 Å². The molecule has 15 heavy (non-hydrogen) atoms. The zero-order chi connectivity index (χ0) is 9.80. The molecular formula is C11H15ClN2O. The zero-order valence-electron chi connectivity index (χ0n) is 8.69. The van der Waals surface area contributed by atoms with Crippen LogP contribution < -0.4 is 10.1 Å². The van der Waals surface area contributed by atoms with Gasteiger partial charge in [0.1, 0.15) is 0 Å². The number of halogens is 1. The Morgan fingerprint density at radius 1 is 1.40 bits per heavy atom. The lowest BCUT2D eigenvalue weighted by Gasteiger charge is -2.13. The molecule has 1 aliphatic rings. The Labute approximate surface area is 96.0 Å². The fourth-order valence-corrected chi connectivity index (χ4v) is 1.56. The molecule has 0 amide bonds. The van der Waals surface area contributed by atoms with E-state index in [2.05, 4.69) is 16.4 Å². The molecule has 0 saturated carbocycles. The summed E-state index contributed by atoms with van der Waals surface area (Å²) in [6.07, 6.45) is 3.23. The number of methoxy groups -OCH3 is 1. The van der Waals surface area contributed by atoms with E-state index < -0.39 is 0 Å². The van der Waals surface area contributed by atoms with Gasteiger partial charge in [-0.25, -0.2) is 4.98 Å². The van der Waals surface area contributed by atoms with E-state index in [1.54, 1.807) is 7.11 Å². The summed E-state index contributed by atoms with van der Waals surface area (Å²) < 4.78 is 5.09. The lowest BCUT2D eigenvalue weighted by atomic mass is 10.1. The SMILES string of the molecule is COc1cccc(C2=CCNCC2)n1.Cl. The lowest BCUT2D eigenvalue weighted by molar-refractivity contribution is 0.397. The summed E-state index contributed by atoms with van der Waals surface area (Å²) in [6, 6.07) is 5.87. The van der Waals surface area contributed by atoms with E-state index in [0.29, 0.717) is 5.88 Å². The Balaban J connectivity index is 0.00000112. The van der Waals surface area contributed by atoms with Crippen LogP contribution in [0.3, 0.4) is 0 Å². The first kappa shape index (κ1) is 12.0. The first-order chi connectivity index (χ1) is 6.90. The fourth-order valence-electron chi connectivity index (χ4n) is 1.56. The molecule has 0 radical (unpaired) electrons. The van der Waals surface area contributed by atoms with Crippen LogP contribution in [0.4, 0.5) is 0 Å². The molecular weight excluding hydrogens is 212 g/mol. The standard InChI is InChI=1S/C11H14N2O.ClH/c1-14-11-4-2-3-10(13-11)9-5-7-12-8-6-9;/h2-5,12H,6-8H2,1H3;1H. The molecule has 2 heterocycles. The minimum atomic E-state index is 0. The molecule has 0 atom stereocenters. The Bertz CT molecular complexity index is 352. The number of nitrogens with zero attached hydrogens (tertiary/aromatic N) is 1. The quantitative estimate of drug-likeness (QED) is 0.836. The first-order valence-corrected chi connectivity index (χ1v) is 4.81. The topological polar surface area (TPSA) is 34.1 Å². The Morgan fingerprint density at radius 2 is 2.27 bits per heavy atom. The highest BCUT2D eigenvalue weighted by Crippen LogP contribution is 2.19. The molecule has 1 aromatic rings. The minimum Gasteiger partial charge on any atom is -0.481 e. The molecule has 1 aromatic heterocycles. The van der Waals surface area contributed by atoms with Crippen molar-refractivity contribution in [1.82, 2.24) is 10.3 Å². The van der Waals surface area contributed by atoms with Gasteiger partial charge in [0.05, 0.1) is 12.8 Å². The summed E-state index contributed by atoms with van der Waals surface area (Å²) in [6.45, 7) is 1.97. The van der Waals surface area contributed by atoms with Crippen LogP contribution in [0.2, 0.25) is 0 Å².